The van der Waals surface area contributed by atoms with Crippen LogP contribution in [-0.2, 0) is 4.79 Å². The summed E-state index contributed by atoms with van der Waals surface area (Å²) < 4.78 is 12.0. The lowest BCUT2D eigenvalue weighted by molar-refractivity contribution is -0.127. The molecule has 0 aliphatic carbocycles. The van der Waals surface area contributed by atoms with Crippen molar-refractivity contribution in [3.63, 3.8) is 0 Å². The van der Waals surface area contributed by atoms with Crippen LogP contribution in [0.25, 0.3) is 10.8 Å². The van der Waals surface area contributed by atoms with Crippen LogP contribution in [0.1, 0.15) is 12.5 Å². The maximum absolute atomic E-state index is 12.4. The zero-order chi connectivity index (χ0) is 20.6. The maximum atomic E-state index is 12.4. The Morgan fingerprint density at radius 1 is 1.24 bits per heavy atom. The van der Waals surface area contributed by atoms with Crippen molar-refractivity contribution >= 4 is 38.8 Å². The summed E-state index contributed by atoms with van der Waals surface area (Å²) in [5, 5.41) is 6.02. The van der Waals surface area contributed by atoms with Gasteiger partial charge in [0.05, 0.1) is 6.21 Å². The second kappa shape index (κ2) is 9.76. The minimum atomic E-state index is -0.716. The van der Waals surface area contributed by atoms with E-state index in [4.69, 9.17) is 15.9 Å². The molecule has 1 amide bonds. The van der Waals surface area contributed by atoms with Gasteiger partial charge in [-0.05, 0) is 36.6 Å². The number of nitrogens with zero attached hydrogens (tertiary/aromatic N) is 1. The minimum absolute atomic E-state index is 0.179. The highest BCUT2D eigenvalue weighted by molar-refractivity contribution is 9.10. The van der Waals surface area contributed by atoms with Gasteiger partial charge in [0.25, 0.3) is 5.91 Å². The van der Waals surface area contributed by atoms with Gasteiger partial charge in [-0.1, -0.05) is 58.2 Å². The van der Waals surface area contributed by atoms with Crippen LogP contribution in [0.15, 0.2) is 70.2 Å². The zero-order valence-corrected chi connectivity index (χ0v) is 17.3. The summed E-state index contributed by atoms with van der Waals surface area (Å²) in [6, 6.07) is 19.0. The summed E-state index contributed by atoms with van der Waals surface area (Å²) in [6.45, 7) is 1.86. The molecule has 0 aliphatic rings. The van der Waals surface area contributed by atoms with Crippen molar-refractivity contribution in [3.05, 3.63) is 70.7 Å². The van der Waals surface area contributed by atoms with Crippen LogP contribution >= 0.6 is 15.9 Å². The summed E-state index contributed by atoms with van der Waals surface area (Å²) in [7, 11) is 0. The van der Waals surface area contributed by atoms with Crippen molar-refractivity contribution in [2.24, 2.45) is 5.10 Å². The number of benzene rings is 3. The molecule has 0 spiro atoms. The fraction of sp³-hybridized carbons (Fsp3) is 0.130. The molecule has 1 N–H and O–H groups in total. The molecule has 29 heavy (non-hydrogen) atoms. The van der Waals surface area contributed by atoms with Crippen LogP contribution in [0.3, 0.4) is 0 Å². The van der Waals surface area contributed by atoms with Gasteiger partial charge in [0, 0.05) is 15.4 Å². The van der Waals surface area contributed by atoms with Gasteiger partial charge in [-0.3, -0.25) is 4.79 Å². The number of fused-ring (bicyclic) bond motifs is 1. The molecule has 146 valence electrons. The quantitative estimate of drug-likeness (QED) is 0.326. The Labute approximate surface area is 177 Å². The smallest absolute Gasteiger partial charge is 0.280 e. The van der Waals surface area contributed by atoms with E-state index < -0.39 is 6.10 Å². The molecule has 3 aromatic carbocycles. The molecule has 0 aliphatic heterocycles. The van der Waals surface area contributed by atoms with E-state index in [0.717, 1.165) is 20.8 Å². The number of carbonyl (C=O) groups excluding carboxylic acids is 1. The van der Waals surface area contributed by atoms with Crippen LogP contribution in [0.5, 0.6) is 11.5 Å². The third-order valence-electron chi connectivity index (χ3n) is 4.09. The lowest BCUT2D eigenvalue weighted by Gasteiger charge is -2.14. The Balaban J connectivity index is 1.64. The first-order valence-corrected chi connectivity index (χ1v) is 9.71. The van der Waals surface area contributed by atoms with Gasteiger partial charge >= 0.3 is 0 Å². The normalized spacial score (nSPS) is 11.8. The van der Waals surface area contributed by atoms with Crippen molar-refractivity contribution < 1.29 is 14.3 Å². The van der Waals surface area contributed by atoms with Crippen LogP contribution in [0.4, 0.5) is 0 Å². The molecule has 0 bridgehead atoms. The van der Waals surface area contributed by atoms with E-state index in [-0.39, 0.29) is 12.5 Å². The molecule has 0 aromatic heterocycles. The number of amides is 1. The Kier molecular flexibility index (Phi) is 6.88. The molecule has 3 rings (SSSR count). The van der Waals surface area contributed by atoms with Gasteiger partial charge in [0.1, 0.15) is 18.1 Å². The largest absolute Gasteiger partial charge is 0.481 e. The fourth-order valence-electron chi connectivity index (χ4n) is 2.63. The molecule has 0 saturated heterocycles. The molecule has 0 saturated carbocycles. The highest BCUT2D eigenvalue weighted by Gasteiger charge is 2.15. The lowest BCUT2D eigenvalue weighted by atomic mass is 10.1. The average Bonchev–Trinajstić information content (AvgIpc) is 2.74. The van der Waals surface area contributed by atoms with E-state index in [1.165, 1.54) is 6.21 Å². The number of hydrogen-bond donors (Lipinski definition) is 1. The summed E-state index contributed by atoms with van der Waals surface area (Å²) >= 11 is 3.44. The number of ether oxygens (including phenoxy) is 2. The summed E-state index contributed by atoms with van der Waals surface area (Å²) in [4.78, 5) is 12.4. The number of terminal acetylenes is 1. The highest BCUT2D eigenvalue weighted by Crippen LogP contribution is 2.26. The second-order valence-electron chi connectivity index (χ2n) is 6.15. The Morgan fingerprint density at radius 3 is 2.86 bits per heavy atom. The van der Waals surface area contributed by atoms with Crippen molar-refractivity contribution in [2.75, 3.05) is 6.61 Å². The molecule has 1 atom stereocenters. The number of hydrogen-bond acceptors (Lipinski definition) is 4. The van der Waals surface area contributed by atoms with E-state index in [0.29, 0.717) is 11.5 Å². The standard InChI is InChI=1S/C23H19BrN2O3/c1-3-13-28-19-11-12-21(24)18(14-19)15-25-26-23(27)16(2)29-22-10-6-8-17-7-4-5-9-20(17)22/h1,4-12,14-16H,13H2,2H3,(H,26,27)/b25-15-/t16-/m0/s1. The van der Waals surface area contributed by atoms with E-state index >= 15 is 0 Å². The van der Waals surface area contributed by atoms with Gasteiger partial charge in [-0.15, -0.1) is 6.42 Å². The van der Waals surface area contributed by atoms with Crippen molar-refractivity contribution in [2.45, 2.75) is 13.0 Å². The summed E-state index contributed by atoms with van der Waals surface area (Å²) in [6.07, 6.45) is 6.01. The minimum Gasteiger partial charge on any atom is -0.481 e. The molecule has 5 nitrogen and oxygen atoms in total. The van der Waals surface area contributed by atoms with Gasteiger partial charge < -0.3 is 9.47 Å². The topological polar surface area (TPSA) is 59.9 Å². The van der Waals surface area contributed by atoms with E-state index in [1.807, 2.05) is 48.5 Å². The first kappa shape index (κ1) is 20.4. The molecular weight excluding hydrogens is 432 g/mol. The second-order valence-corrected chi connectivity index (χ2v) is 7.00. The maximum Gasteiger partial charge on any atom is 0.280 e. The molecule has 0 unspecified atom stereocenters. The predicted octanol–water partition coefficient (Wildman–Crippen LogP) is 4.53. The van der Waals surface area contributed by atoms with Crippen molar-refractivity contribution in [1.29, 1.82) is 0 Å². The number of hydrazone groups is 1. The number of nitrogens with one attached hydrogen (secondary N) is 1. The molecule has 6 heteroatoms. The van der Waals surface area contributed by atoms with Crippen molar-refractivity contribution in [3.8, 4) is 23.8 Å². The monoisotopic (exact) mass is 450 g/mol. The Hall–Kier alpha value is -3.30. The van der Waals surface area contributed by atoms with Crippen LogP contribution in [0, 0.1) is 12.3 Å². The van der Waals surface area contributed by atoms with E-state index in [2.05, 4.69) is 32.4 Å². The zero-order valence-electron chi connectivity index (χ0n) is 15.8. The van der Waals surface area contributed by atoms with E-state index in [1.54, 1.807) is 19.1 Å². The molecule has 0 radical (unpaired) electrons. The van der Waals surface area contributed by atoms with Gasteiger partial charge in [-0.25, -0.2) is 5.43 Å². The fourth-order valence-corrected chi connectivity index (χ4v) is 2.98. The molecule has 3 aromatic rings. The lowest BCUT2D eigenvalue weighted by Crippen LogP contribution is -2.33. The average molecular weight is 451 g/mol. The summed E-state index contributed by atoms with van der Waals surface area (Å²) in [5.41, 5.74) is 3.24. The number of halogens is 1. The first-order valence-electron chi connectivity index (χ1n) is 8.91. The Bertz CT molecular complexity index is 1080. The van der Waals surface area contributed by atoms with Gasteiger partial charge in [0.15, 0.2) is 6.10 Å². The Morgan fingerprint density at radius 2 is 2.03 bits per heavy atom. The summed E-state index contributed by atoms with van der Waals surface area (Å²) in [5.74, 6) is 3.32. The van der Waals surface area contributed by atoms with Crippen molar-refractivity contribution in [1.82, 2.24) is 5.43 Å². The third-order valence-corrected chi connectivity index (χ3v) is 4.81. The number of rotatable bonds is 7. The number of carbonyl (C=O) groups is 1. The van der Waals surface area contributed by atoms with Gasteiger partial charge in [0.2, 0.25) is 0 Å². The van der Waals surface area contributed by atoms with Crippen LogP contribution < -0.4 is 14.9 Å². The van der Waals surface area contributed by atoms with Crippen LogP contribution in [-0.4, -0.2) is 24.8 Å². The predicted molar refractivity (Wildman–Crippen MR) is 118 cm³/mol. The first-order chi connectivity index (χ1) is 14.1. The van der Waals surface area contributed by atoms with Crippen LogP contribution in [0.2, 0.25) is 0 Å². The highest BCUT2D eigenvalue weighted by atomic mass is 79.9. The molecule has 0 fully saturated rings. The molecular formula is C23H19BrN2O3. The third kappa shape index (κ3) is 5.37. The van der Waals surface area contributed by atoms with Gasteiger partial charge in [-0.2, -0.15) is 5.10 Å². The SMILES string of the molecule is C#CCOc1ccc(Br)c(/C=N\NC(=O)[C@H](C)Oc2cccc3ccccc23)c1. The molecule has 0 heterocycles. The van der Waals surface area contributed by atoms with E-state index in [9.17, 15) is 4.79 Å².